The number of aryl methyl sites for hydroxylation is 1. The van der Waals surface area contributed by atoms with Gasteiger partial charge in [0, 0.05) is 30.9 Å². The predicted molar refractivity (Wildman–Crippen MR) is 59.2 cm³/mol. The minimum atomic E-state index is 0.532. The first-order valence-electron chi connectivity index (χ1n) is 5.38. The Morgan fingerprint density at radius 2 is 2.21 bits per heavy atom. The van der Waals surface area contributed by atoms with E-state index in [4.69, 9.17) is 0 Å². The van der Waals surface area contributed by atoms with Gasteiger partial charge in [-0.2, -0.15) is 5.10 Å². The van der Waals surface area contributed by atoms with Gasteiger partial charge in [0.25, 0.3) is 0 Å². The zero-order chi connectivity index (χ0) is 10.6. The van der Waals surface area contributed by atoms with Crippen molar-refractivity contribution in [2.75, 3.05) is 0 Å². The molecule has 0 radical (unpaired) electrons. The molecular weight excluding hydrogens is 174 g/mol. The maximum atomic E-state index is 4.29. The predicted octanol–water partition coefficient (Wildman–Crippen LogP) is 1.87. The van der Waals surface area contributed by atoms with Crippen molar-refractivity contribution < 1.29 is 0 Å². The molecule has 0 bridgehead atoms. The molecular formula is C11H21N3. The molecule has 0 amide bonds. The van der Waals surface area contributed by atoms with Crippen LogP contribution in [0, 0.1) is 0 Å². The first kappa shape index (κ1) is 11.2. The third-order valence-electron chi connectivity index (χ3n) is 2.34. The van der Waals surface area contributed by atoms with E-state index in [9.17, 15) is 0 Å². The Balaban J connectivity index is 2.65. The number of hydrogen-bond donors (Lipinski definition) is 1. The van der Waals surface area contributed by atoms with Crippen LogP contribution >= 0.6 is 0 Å². The van der Waals surface area contributed by atoms with E-state index in [1.165, 1.54) is 17.7 Å². The first-order valence-corrected chi connectivity index (χ1v) is 5.38. The van der Waals surface area contributed by atoms with Crippen molar-refractivity contribution in [2.24, 2.45) is 7.05 Å². The number of nitrogens with one attached hydrogen (secondary N) is 1. The van der Waals surface area contributed by atoms with Crippen LogP contribution in [0.3, 0.4) is 0 Å². The molecule has 0 atom stereocenters. The molecule has 0 aliphatic rings. The lowest BCUT2D eigenvalue weighted by Gasteiger charge is -2.08. The molecule has 80 valence electrons. The monoisotopic (exact) mass is 195 g/mol. The lowest BCUT2D eigenvalue weighted by Crippen LogP contribution is -2.22. The molecule has 14 heavy (non-hydrogen) atoms. The quantitative estimate of drug-likeness (QED) is 0.777. The minimum absolute atomic E-state index is 0.532. The van der Waals surface area contributed by atoms with Gasteiger partial charge in [-0.15, -0.1) is 0 Å². The van der Waals surface area contributed by atoms with E-state index in [1.54, 1.807) is 0 Å². The van der Waals surface area contributed by atoms with Gasteiger partial charge in [0.15, 0.2) is 0 Å². The summed E-state index contributed by atoms with van der Waals surface area (Å²) in [4.78, 5) is 0. The summed E-state index contributed by atoms with van der Waals surface area (Å²) in [5.74, 6) is 0. The topological polar surface area (TPSA) is 29.9 Å². The summed E-state index contributed by atoms with van der Waals surface area (Å²) in [6, 6.07) is 0.532. The highest BCUT2D eigenvalue weighted by molar-refractivity contribution is 5.17. The molecule has 1 aromatic heterocycles. The molecule has 1 rings (SSSR count). The summed E-state index contributed by atoms with van der Waals surface area (Å²) in [5.41, 5.74) is 2.70. The van der Waals surface area contributed by atoms with Crippen molar-refractivity contribution in [1.29, 1.82) is 0 Å². The molecule has 0 spiro atoms. The minimum Gasteiger partial charge on any atom is -0.310 e. The Morgan fingerprint density at radius 3 is 2.79 bits per heavy atom. The number of hydrogen-bond acceptors (Lipinski definition) is 2. The maximum absolute atomic E-state index is 4.29. The number of nitrogens with zero attached hydrogens (tertiary/aromatic N) is 2. The molecule has 0 aliphatic heterocycles. The summed E-state index contributed by atoms with van der Waals surface area (Å²) in [6.45, 7) is 7.46. The van der Waals surface area contributed by atoms with Gasteiger partial charge in [-0.1, -0.05) is 27.2 Å². The van der Waals surface area contributed by atoms with Gasteiger partial charge < -0.3 is 5.32 Å². The molecule has 0 unspecified atom stereocenters. The Morgan fingerprint density at radius 1 is 1.50 bits per heavy atom. The van der Waals surface area contributed by atoms with E-state index in [2.05, 4.69) is 31.2 Å². The van der Waals surface area contributed by atoms with Gasteiger partial charge in [0.05, 0.1) is 6.20 Å². The zero-order valence-electron chi connectivity index (χ0n) is 9.67. The van der Waals surface area contributed by atoms with E-state index in [1.807, 2.05) is 17.9 Å². The van der Waals surface area contributed by atoms with Gasteiger partial charge in [-0.25, -0.2) is 0 Å². The van der Waals surface area contributed by atoms with Crippen LogP contribution in [0.25, 0.3) is 0 Å². The van der Waals surface area contributed by atoms with Crippen molar-refractivity contribution >= 4 is 0 Å². The van der Waals surface area contributed by atoms with E-state index in [0.717, 1.165) is 13.0 Å². The van der Waals surface area contributed by atoms with Crippen LogP contribution in [-0.2, 0) is 20.0 Å². The highest BCUT2D eigenvalue weighted by atomic mass is 15.3. The third kappa shape index (κ3) is 2.84. The lowest BCUT2D eigenvalue weighted by atomic mass is 10.1. The molecule has 0 aromatic carbocycles. The fourth-order valence-electron chi connectivity index (χ4n) is 1.53. The molecule has 3 nitrogen and oxygen atoms in total. The van der Waals surface area contributed by atoms with Gasteiger partial charge >= 0.3 is 0 Å². The highest BCUT2D eigenvalue weighted by Gasteiger charge is 2.07. The average Bonchev–Trinajstić information content (AvgIpc) is 2.46. The fraction of sp³-hybridized carbons (Fsp3) is 0.727. The van der Waals surface area contributed by atoms with Gasteiger partial charge in [-0.3, -0.25) is 4.68 Å². The Bertz CT molecular complexity index is 276. The molecule has 3 heteroatoms. The van der Waals surface area contributed by atoms with Crippen molar-refractivity contribution in [1.82, 2.24) is 15.1 Å². The Labute approximate surface area is 86.5 Å². The third-order valence-corrected chi connectivity index (χ3v) is 2.34. The number of aromatic nitrogens is 2. The zero-order valence-corrected chi connectivity index (χ0v) is 9.67. The van der Waals surface area contributed by atoms with Crippen LogP contribution in [0.15, 0.2) is 6.20 Å². The summed E-state index contributed by atoms with van der Waals surface area (Å²) in [5, 5.41) is 7.71. The fourth-order valence-corrected chi connectivity index (χ4v) is 1.53. The molecule has 0 fully saturated rings. The molecule has 0 saturated carbocycles. The summed E-state index contributed by atoms with van der Waals surface area (Å²) < 4.78 is 1.99. The second-order valence-electron chi connectivity index (χ2n) is 4.03. The van der Waals surface area contributed by atoms with E-state index in [0.29, 0.717) is 6.04 Å². The molecule has 0 saturated heterocycles. The summed E-state index contributed by atoms with van der Waals surface area (Å²) in [6.07, 6.45) is 4.26. The van der Waals surface area contributed by atoms with Gasteiger partial charge in [-0.05, 0) is 6.42 Å². The average molecular weight is 195 g/mol. The Hall–Kier alpha value is -0.830. The second kappa shape index (κ2) is 5.15. The van der Waals surface area contributed by atoms with Gasteiger partial charge in [0.1, 0.15) is 0 Å². The van der Waals surface area contributed by atoms with Crippen LogP contribution in [0.5, 0.6) is 0 Å². The van der Waals surface area contributed by atoms with Crippen LogP contribution in [0.2, 0.25) is 0 Å². The SMILES string of the molecule is CCCc1c(CNC(C)C)cnn1C. The van der Waals surface area contributed by atoms with E-state index >= 15 is 0 Å². The van der Waals surface area contributed by atoms with Gasteiger partial charge in [0.2, 0.25) is 0 Å². The summed E-state index contributed by atoms with van der Waals surface area (Å²) in [7, 11) is 2.02. The van der Waals surface area contributed by atoms with Crippen molar-refractivity contribution in [3.63, 3.8) is 0 Å². The standard InChI is InChI=1S/C11H21N3/c1-5-6-11-10(7-12-9(2)3)8-13-14(11)4/h8-9,12H,5-7H2,1-4H3. The summed E-state index contributed by atoms with van der Waals surface area (Å²) >= 11 is 0. The lowest BCUT2D eigenvalue weighted by molar-refractivity contribution is 0.583. The Kier molecular flexibility index (Phi) is 4.14. The second-order valence-corrected chi connectivity index (χ2v) is 4.03. The smallest absolute Gasteiger partial charge is 0.0537 e. The van der Waals surface area contributed by atoms with E-state index in [-0.39, 0.29) is 0 Å². The molecule has 1 aromatic rings. The maximum Gasteiger partial charge on any atom is 0.0537 e. The largest absolute Gasteiger partial charge is 0.310 e. The molecule has 0 aliphatic carbocycles. The van der Waals surface area contributed by atoms with Crippen LogP contribution < -0.4 is 5.32 Å². The van der Waals surface area contributed by atoms with Crippen LogP contribution in [-0.4, -0.2) is 15.8 Å². The van der Waals surface area contributed by atoms with Crippen molar-refractivity contribution in [3.8, 4) is 0 Å². The van der Waals surface area contributed by atoms with Crippen molar-refractivity contribution in [3.05, 3.63) is 17.5 Å². The highest BCUT2D eigenvalue weighted by Crippen LogP contribution is 2.09. The molecule has 1 heterocycles. The number of rotatable bonds is 5. The van der Waals surface area contributed by atoms with Crippen LogP contribution in [0.1, 0.15) is 38.4 Å². The van der Waals surface area contributed by atoms with Crippen LogP contribution in [0.4, 0.5) is 0 Å². The van der Waals surface area contributed by atoms with Crippen molar-refractivity contribution in [2.45, 2.75) is 46.2 Å². The first-order chi connectivity index (χ1) is 6.65. The molecule has 1 N–H and O–H groups in total. The van der Waals surface area contributed by atoms with E-state index < -0.39 is 0 Å². The normalized spacial score (nSPS) is 11.2.